The molecule has 0 radical (unpaired) electrons. The predicted molar refractivity (Wildman–Crippen MR) is 72.9 cm³/mol. The van der Waals surface area contributed by atoms with Crippen molar-refractivity contribution in [2.75, 3.05) is 5.32 Å². The fourth-order valence-corrected chi connectivity index (χ4v) is 2.60. The average Bonchev–Trinajstić information content (AvgIpc) is 2.83. The molecule has 0 spiro atoms. The van der Waals surface area contributed by atoms with E-state index in [2.05, 4.69) is 5.32 Å². The molecule has 1 atom stereocenters. The van der Waals surface area contributed by atoms with E-state index in [-0.39, 0.29) is 28.8 Å². The van der Waals surface area contributed by atoms with Gasteiger partial charge in [-0.05, 0) is 37.0 Å². The van der Waals surface area contributed by atoms with Crippen molar-refractivity contribution in [1.82, 2.24) is 0 Å². The number of amides is 1. The Morgan fingerprint density at radius 2 is 2.20 bits per heavy atom. The van der Waals surface area contributed by atoms with E-state index in [1.54, 1.807) is 0 Å². The second-order valence-electron chi connectivity index (χ2n) is 4.70. The van der Waals surface area contributed by atoms with Crippen LogP contribution < -0.4 is 10.5 Å². The van der Waals surface area contributed by atoms with Crippen LogP contribution in [0.1, 0.15) is 19.3 Å². The molecule has 0 aromatic heterocycles. The van der Waals surface area contributed by atoms with Crippen molar-refractivity contribution in [1.29, 1.82) is 0 Å². The number of hydrogen-bond donors (Lipinski definition) is 2. The minimum absolute atomic E-state index is 0.0515. The maximum absolute atomic E-state index is 13.7. The van der Waals surface area contributed by atoms with Crippen LogP contribution in [0.2, 0.25) is 0 Å². The molecule has 1 aromatic rings. The first-order valence-corrected chi connectivity index (χ1v) is 7.70. The second-order valence-corrected chi connectivity index (χ2v) is 6.27. The van der Waals surface area contributed by atoms with E-state index in [0.29, 0.717) is 0 Å². The van der Waals surface area contributed by atoms with Crippen molar-refractivity contribution in [2.24, 2.45) is 11.1 Å². The molecule has 108 valence electrons. The first-order valence-electron chi connectivity index (χ1n) is 6.15. The van der Waals surface area contributed by atoms with E-state index in [9.17, 15) is 17.6 Å². The zero-order valence-corrected chi connectivity index (χ0v) is 11.5. The Hall–Kier alpha value is -1.73. The zero-order valence-electron chi connectivity index (χ0n) is 10.7. The summed E-state index contributed by atoms with van der Waals surface area (Å²) in [7, 11) is -3.95. The molecule has 0 aliphatic heterocycles. The summed E-state index contributed by atoms with van der Waals surface area (Å²) in [6.45, 7) is 0. The third kappa shape index (κ3) is 3.64. The molecule has 1 aliphatic rings. The molecule has 0 fully saturated rings. The molecule has 0 saturated carbocycles. The minimum atomic E-state index is -3.95. The highest BCUT2D eigenvalue weighted by Gasteiger charge is 2.16. The Morgan fingerprint density at radius 3 is 2.75 bits per heavy atom. The molecule has 7 heteroatoms. The van der Waals surface area contributed by atoms with Crippen LogP contribution in [0, 0.1) is 11.7 Å². The lowest BCUT2D eigenvalue weighted by Crippen LogP contribution is -2.17. The number of nitrogens with one attached hydrogen (secondary N) is 1. The van der Waals surface area contributed by atoms with Crippen LogP contribution in [0.15, 0.2) is 35.2 Å². The van der Waals surface area contributed by atoms with E-state index >= 15 is 0 Å². The summed E-state index contributed by atoms with van der Waals surface area (Å²) in [5.41, 5.74) is -0.0515. The molecule has 20 heavy (non-hydrogen) atoms. The highest BCUT2D eigenvalue weighted by molar-refractivity contribution is 7.89. The third-order valence-electron chi connectivity index (χ3n) is 3.10. The summed E-state index contributed by atoms with van der Waals surface area (Å²) in [6.07, 6.45) is 6.14. The van der Waals surface area contributed by atoms with Gasteiger partial charge in [-0.15, -0.1) is 0 Å². The Morgan fingerprint density at radius 1 is 1.45 bits per heavy atom. The highest BCUT2D eigenvalue weighted by atomic mass is 32.2. The van der Waals surface area contributed by atoms with Crippen LogP contribution in [0.5, 0.6) is 0 Å². The van der Waals surface area contributed by atoms with Crippen molar-refractivity contribution in [3.63, 3.8) is 0 Å². The molecule has 3 N–H and O–H groups in total. The standard InChI is InChI=1S/C13H15FN2O3S/c14-11-8-10(20(15,18)19)5-6-12(11)16-13(17)7-9-3-1-2-4-9/h1,3,5-6,8-9H,2,4,7H2,(H,16,17)(H2,15,18,19). The number of carbonyl (C=O) groups excluding carboxylic acids is 1. The molecule has 0 saturated heterocycles. The Bertz CT molecular complexity index is 656. The van der Waals surface area contributed by atoms with Crippen LogP contribution in [0.4, 0.5) is 10.1 Å². The summed E-state index contributed by atoms with van der Waals surface area (Å²) in [5.74, 6) is -0.947. The summed E-state index contributed by atoms with van der Waals surface area (Å²) in [4.78, 5) is 11.4. The molecule has 2 rings (SSSR count). The van der Waals surface area contributed by atoms with Gasteiger partial charge in [-0.25, -0.2) is 17.9 Å². The van der Waals surface area contributed by atoms with Crippen molar-refractivity contribution < 1.29 is 17.6 Å². The quantitative estimate of drug-likeness (QED) is 0.830. The predicted octanol–water partition coefficient (Wildman–Crippen LogP) is 1.77. The number of allylic oxidation sites excluding steroid dienone is 2. The lowest BCUT2D eigenvalue weighted by molar-refractivity contribution is -0.116. The molecule has 0 heterocycles. The smallest absolute Gasteiger partial charge is 0.238 e. The largest absolute Gasteiger partial charge is 0.324 e. The second kappa shape index (κ2) is 5.72. The van der Waals surface area contributed by atoms with Gasteiger partial charge in [0.15, 0.2) is 0 Å². The van der Waals surface area contributed by atoms with Crippen LogP contribution in [0.25, 0.3) is 0 Å². The van der Waals surface area contributed by atoms with Gasteiger partial charge in [0.2, 0.25) is 15.9 Å². The molecular weight excluding hydrogens is 283 g/mol. The number of nitrogens with two attached hydrogens (primary N) is 1. The normalized spacial score (nSPS) is 18.2. The van der Waals surface area contributed by atoms with E-state index in [1.807, 2.05) is 12.2 Å². The Balaban J connectivity index is 2.06. The van der Waals surface area contributed by atoms with Crippen LogP contribution in [-0.2, 0) is 14.8 Å². The summed E-state index contributed by atoms with van der Waals surface area (Å²) >= 11 is 0. The number of hydrogen-bond acceptors (Lipinski definition) is 3. The molecule has 0 bridgehead atoms. The topological polar surface area (TPSA) is 89.3 Å². The van der Waals surface area contributed by atoms with Crippen LogP contribution in [0.3, 0.4) is 0 Å². The van der Waals surface area contributed by atoms with Gasteiger partial charge < -0.3 is 5.32 Å². The minimum Gasteiger partial charge on any atom is -0.324 e. The van der Waals surface area contributed by atoms with E-state index in [4.69, 9.17) is 5.14 Å². The number of benzene rings is 1. The number of primary sulfonamides is 1. The summed E-state index contributed by atoms with van der Waals surface area (Å²) in [6, 6.07) is 3.14. The average molecular weight is 298 g/mol. The highest BCUT2D eigenvalue weighted by Crippen LogP contribution is 2.22. The molecule has 1 aromatic carbocycles. The summed E-state index contributed by atoms with van der Waals surface area (Å²) < 4.78 is 35.8. The molecular formula is C13H15FN2O3S. The van der Waals surface area contributed by atoms with Crippen LogP contribution >= 0.6 is 0 Å². The van der Waals surface area contributed by atoms with Crippen molar-refractivity contribution >= 4 is 21.6 Å². The molecule has 1 amide bonds. The zero-order chi connectivity index (χ0) is 14.8. The van der Waals surface area contributed by atoms with Gasteiger partial charge in [-0.3, -0.25) is 4.79 Å². The number of carbonyl (C=O) groups is 1. The Labute approximate surface area is 116 Å². The lowest BCUT2D eigenvalue weighted by atomic mass is 10.1. The number of sulfonamides is 1. The first-order chi connectivity index (χ1) is 9.36. The maximum atomic E-state index is 13.7. The Kier molecular flexibility index (Phi) is 4.20. The van der Waals surface area contributed by atoms with E-state index in [1.165, 1.54) is 6.07 Å². The van der Waals surface area contributed by atoms with Crippen molar-refractivity contribution in [3.05, 3.63) is 36.2 Å². The van der Waals surface area contributed by atoms with Crippen molar-refractivity contribution in [3.8, 4) is 0 Å². The van der Waals surface area contributed by atoms with Gasteiger partial charge >= 0.3 is 0 Å². The SMILES string of the molecule is NS(=O)(=O)c1ccc(NC(=O)CC2C=CCC2)c(F)c1. The molecule has 1 aliphatic carbocycles. The fourth-order valence-electron chi connectivity index (χ4n) is 2.08. The lowest BCUT2D eigenvalue weighted by Gasteiger charge is -2.10. The first kappa shape index (κ1) is 14.7. The summed E-state index contributed by atoms with van der Waals surface area (Å²) in [5, 5.41) is 7.33. The van der Waals surface area contributed by atoms with Gasteiger partial charge in [0.05, 0.1) is 10.6 Å². The van der Waals surface area contributed by atoms with E-state index in [0.717, 1.165) is 25.0 Å². The van der Waals surface area contributed by atoms with Crippen molar-refractivity contribution in [2.45, 2.75) is 24.2 Å². The van der Waals surface area contributed by atoms with Gasteiger partial charge in [0.1, 0.15) is 5.82 Å². The van der Waals surface area contributed by atoms with Gasteiger partial charge in [-0.1, -0.05) is 12.2 Å². The fraction of sp³-hybridized carbons (Fsp3) is 0.308. The van der Waals surface area contributed by atoms with Gasteiger partial charge in [-0.2, -0.15) is 0 Å². The molecule has 5 nitrogen and oxygen atoms in total. The van der Waals surface area contributed by atoms with Gasteiger partial charge in [0.25, 0.3) is 0 Å². The molecule has 1 unspecified atom stereocenters. The third-order valence-corrected chi connectivity index (χ3v) is 4.01. The monoisotopic (exact) mass is 298 g/mol. The van der Waals surface area contributed by atoms with Crippen LogP contribution in [-0.4, -0.2) is 14.3 Å². The maximum Gasteiger partial charge on any atom is 0.238 e. The number of rotatable bonds is 4. The van der Waals surface area contributed by atoms with E-state index < -0.39 is 15.8 Å². The number of halogens is 1. The number of anilines is 1. The van der Waals surface area contributed by atoms with Gasteiger partial charge in [0, 0.05) is 6.42 Å².